The minimum atomic E-state index is 0.665. The van der Waals surface area contributed by atoms with E-state index < -0.39 is 0 Å². The number of aromatic nitrogens is 2. The zero-order valence-corrected chi connectivity index (χ0v) is 12.8. The number of thioether (sulfide) groups is 1. The molecular formula is C16H20N4S. The van der Waals surface area contributed by atoms with Gasteiger partial charge in [-0.2, -0.15) is 0 Å². The molecule has 5 heteroatoms. The van der Waals surface area contributed by atoms with Crippen molar-refractivity contribution in [3.8, 4) is 11.4 Å². The van der Waals surface area contributed by atoms with Crippen LogP contribution >= 0.6 is 11.8 Å². The number of nitrogens with zero attached hydrogens (tertiary/aromatic N) is 2. The Morgan fingerprint density at radius 1 is 1.14 bits per heavy atom. The van der Waals surface area contributed by atoms with E-state index in [-0.39, 0.29) is 0 Å². The Kier molecular flexibility index (Phi) is 4.72. The molecule has 0 atom stereocenters. The number of benzene rings is 1. The fraction of sp³-hybridized carbons (Fsp3) is 0.375. The van der Waals surface area contributed by atoms with Gasteiger partial charge in [-0.3, -0.25) is 0 Å². The normalized spacial score (nSPS) is 15.3. The summed E-state index contributed by atoms with van der Waals surface area (Å²) in [7, 11) is 0. The highest BCUT2D eigenvalue weighted by Crippen LogP contribution is 2.31. The summed E-state index contributed by atoms with van der Waals surface area (Å²) in [6.07, 6.45) is 5.46. The molecule has 3 N–H and O–H groups in total. The molecule has 1 saturated carbocycles. The van der Waals surface area contributed by atoms with Gasteiger partial charge in [-0.1, -0.05) is 43.2 Å². The summed E-state index contributed by atoms with van der Waals surface area (Å²) < 4.78 is 0. The van der Waals surface area contributed by atoms with E-state index in [0.29, 0.717) is 5.82 Å². The maximum Gasteiger partial charge on any atom is 0.162 e. The molecule has 1 aromatic heterocycles. The minimum absolute atomic E-state index is 0.665. The van der Waals surface area contributed by atoms with Gasteiger partial charge in [-0.25, -0.2) is 15.8 Å². The third kappa shape index (κ3) is 3.74. The van der Waals surface area contributed by atoms with Crippen LogP contribution < -0.4 is 11.3 Å². The van der Waals surface area contributed by atoms with Crippen molar-refractivity contribution >= 4 is 17.6 Å². The fourth-order valence-electron chi connectivity index (χ4n) is 2.67. The van der Waals surface area contributed by atoms with E-state index in [1.54, 1.807) is 0 Å². The fourth-order valence-corrected chi connectivity index (χ4v) is 3.76. The van der Waals surface area contributed by atoms with Crippen molar-refractivity contribution in [1.82, 2.24) is 9.97 Å². The van der Waals surface area contributed by atoms with Gasteiger partial charge in [0.05, 0.1) is 0 Å². The summed E-state index contributed by atoms with van der Waals surface area (Å²) in [4.78, 5) is 9.11. The average molecular weight is 300 g/mol. The molecule has 0 unspecified atom stereocenters. The van der Waals surface area contributed by atoms with E-state index >= 15 is 0 Å². The molecule has 0 spiro atoms. The third-order valence-electron chi connectivity index (χ3n) is 3.82. The van der Waals surface area contributed by atoms with Crippen LogP contribution in [0.2, 0.25) is 0 Å². The number of nitrogens with one attached hydrogen (secondary N) is 1. The lowest BCUT2D eigenvalue weighted by molar-refractivity contribution is 0.623. The Morgan fingerprint density at radius 2 is 1.90 bits per heavy atom. The van der Waals surface area contributed by atoms with Crippen LogP contribution in [0, 0.1) is 5.92 Å². The molecule has 1 aromatic carbocycles. The van der Waals surface area contributed by atoms with Gasteiger partial charge in [0.2, 0.25) is 0 Å². The first-order valence-electron chi connectivity index (χ1n) is 7.39. The maximum atomic E-state index is 5.53. The van der Waals surface area contributed by atoms with Gasteiger partial charge in [0, 0.05) is 17.4 Å². The molecule has 21 heavy (non-hydrogen) atoms. The van der Waals surface area contributed by atoms with Crippen LogP contribution in [-0.2, 0) is 0 Å². The molecule has 0 radical (unpaired) electrons. The van der Waals surface area contributed by atoms with Crippen molar-refractivity contribution < 1.29 is 0 Å². The Hall–Kier alpha value is -1.59. The smallest absolute Gasteiger partial charge is 0.162 e. The average Bonchev–Trinajstić information content (AvgIpc) is 3.07. The second kappa shape index (κ2) is 6.91. The summed E-state index contributed by atoms with van der Waals surface area (Å²) in [6, 6.07) is 11.9. The van der Waals surface area contributed by atoms with Crippen molar-refractivity contribution in [2.75, 3.05) is 11.2 Å². The first kappa shape index (κ1) is 14.4. The lowest BCUT2D eigenvalue weighted by Gasteiger charge is -2.10. The molecule has 0 bridgehead atoms. The van der Waals surface area contributed by atoms with Crippen LogP contribution in [0.25, 0.3) is 11.4 Å². The summed E-state index contributed by atoms with van der Waals surface area (Å²) in [5.41, 5.74) is 3.65. The van der Waals surface area contributed by atoms with Crippen molar-refractivity contribution in [3.05, 3.63) is 36.4 Å². The van der Waals surface area contributed by atoms with Crippen LogP contribution in [0.4, 0.5) is 5.82 Å². The van der Waals surface area contributed by atoms with Crippen LogP contribution in [-0.4, -0.2) is 15.7 Å². The predicted octanol–water partition coefficient (Wildman–Crippen LogP) is 3.71. The van der Waals surface area contributed by atoms with Crippen molar-refractivity contribution in [1.29, 1.82) is 0 Å². The zero-order chi connectivity index (χ0) is 14.5. The molecule has 1 aliphatic carbocycles. The van der Waals surface area contributed by atoms with Crippen molar-refractivity contribution in [3.63, 3.8) is 0 Å². The van der Waals surface area contributed by atoms with Gasteiger partial charge < -0.3 is 5.43 Å². The van der Waals surface area contributed by atoms with Gasteiger partial charge in [0.25, 0.3) is 0 Å². The number of hydrogen-bond acceptors (Lipinski definition) is 5. The standard InChI is InChI=1S/C16H20N4S/c17-20-14-10-15(21-11-12-6-4-5-7-12)19-16(18-14)13-8-2-1-3-9-13/h1-3,8-10,12H,4-7,11,17H2,(H,18,19,20). The molecular weight excluding hydrogens is 280 g/mol. The van der Waals surface area contributed by atoms with Crippen LogP contribution in [0.5, 0.6) is 0 Å². The van der Waals surface area contributed by atoms with E-state index in [4.69, 9.17) is 5.84 Å². The number of hydrogen-bond donors (Lipinski definition) is 2. The first-order valence-corrected chi connectivity index (χ1v) is 8.37. The molecule has 1 fully saturated rings. The number of anilines is 1. The largest absolute Gasteiger partial charge is 0.308 e. The molecule has 1 aliphatic rings. The second-order valence-corrected chi connectivity index (χ2v) is 6.43. The number of rotatable bonds is 5. The minimum Gasteiger partial charge on any atom is -0.308 e. The first-order chi connectivity index (χ1) is 10.3. The van der Waals surface area contributed by atoms with Crippen molar-refractivity contribution in [2.24, 2.45) is 11.8 Å². The third-order valence-corrected chi connectivity index (χ3v) is 4.97. The summed E-state index contributed by atoms with van der Waals surface area (Å²) in [5, 5.41) is 0.990. The lowest BCUT2D eigenvalue weighted by Crippen LogP contribution is -2.10. The highest BCUT2D eigenvalue weighted by Gasteiger charge is 2.16. The molecule has 110 valence electrons. The summed E-state index contributed by atoms with van der Waals surface area (Å²) in [5.74, 6) is 8.89. The summed E-state index contributed by atoms with van der Waals surface area (Å²) in [6.45, 7) is 0. The molecule has 2 aromatic rings. The Labute approximate surface area is 129 Å². The zero-order valence-electron chi connectivity index (χ0n) is 12.0. The Bertz CT molecular complexity index is 582. The highest BCUT2D eigenvalue weighted by molar-refractivity contribution is 7.99. The van der Waals surface area contributed by atoms with Gasteiger partial charge in [0.1, 0.15) is 10.8 Å². The van der Waals surface area contributed by atoms with Crippen molar-refractivity contribution in [2.45, 2.75) is 30.7 Å². The molecule has 4 nitrogen and oxygen atoms in total. The number of nitrogen functional groups attached to an aromatic ring is 1. The number of nitrogens with two attached hydrogens (primary N) is 1. The van der Waals surface area contributed by atoms with E-state index in [1.807, 2.05) is 48.2 Å². The van der Waals surface area contributed by atoms with Gasteiger partial charge in [-0.05, 0) is 18.8 Å². The Balaban J connectivity index is 1.79. The quantitative estimate of drug-likeness (QED) is 0.381. The van der Waals surface area contributed by atoms with Gasteiger partial charge >= 0.3 is 0 Å². The van der Waals surface area contributed by atoms with Crippen LogP contribution in [0.15, 0.2) is 41.4 Å². The van der Waals surface area contributed by atoms with E-state index in [0.717, 1.165) is 28.1 Å². The monoisotopic (exact) mass is 300 g/mol. The maximum absolute atomic E-state index is 5.53. The Morgan fingerprint density at radius 3 is 2.62 bits per heavy atom. The molecule has 0 amide bonds. The topological polar surface area (TPSA) is 63.8 Å². The highest BCUT2D eigenvalue weighted by atomic mass is 32.2. The van der Waals surface area contributed by atoms with E-state index in [2.05, 4.69) is 15.4 Å². The molecule has 1 heterocycles. The SMILES string of the molecule is NNc1cc(SCC2CCCC2)nc(-c2ccccc2)n1. The predicted molar refractivity (Wildman–Crippen MR) is 88.0 cm³/mol. The lowest BCUT2D eigenvalue weighted by atomic mass is 10.1. The van der Waals surface area contributed by atoms with Crippen LogP contribution in [0.1, 0.15) is 25.7 Å². The van der Waals surface area contributed by atoms with E-state index in [9.17, 15) is 0 Å². The molecule has 3 rings (SSSR count). The molecule has 0 aliphatic heterocycles. The van der Waals surface area contributed by atoms with Gasteiger partial charge in [0.15, 0.2) is 5.82 Å². The second-order valence-electron chi connectivity index (χ2n) is 5.39. The van der Waals surface area contributed by atoms with E-state index in [1.165, 1.54) is 25.7 Å². The van der Waals surface area contributed by atoms with Crippen LogP contribution in [0.3, 0.4) is 0 Å². The molecule has 0 saturated heterocycles. The summed E-state index contributed by atoms with van der Waals surface area (Å²) >= 11 is 1.81. The van der Waals surface area contributed by atoms with Gasteiger partial charge in [-0.15, -0.1) is 11.8 Å². The number of hydrazine groups is 1.